The lowest BCUT2D eigenvalue weighted by atomic mass is 10.1. The fourth-order valence-corrected chi connectivity index (χ4v) is 1.75. The van der Waals surface area contributed by atoms with Crippen LogP contribution in [0.3, 0.4) is 0 Å². The minimum atomic E-state index is -0.178. The monoisotopic (exact) mass is 428 g/mol. The van der Waals surface area contributed by atoms with E-state index >= 15 is 0 Å². The van der Waals surface area contributed by atoms with Crippen molar-refractivity contribution in [1.29, 1.82) is 0 Å². The van der Waals surface area contributed by atoms with Crippen LogP contribution in [0.4, 0.5) is 4.39 Å². The molecule has 0 spiro atoms. The summed E-state index contributed by atoms with van der Waals surface area (Å²) in [6.45, 7) is 31.2. The summed E-state index contributed by atoms with van der Waals surface area (Å²) in [5.41, 5.74) is 6.24. The Kier molecular flexibility index (Phi) is 29.8. The smallest absolute Gasteiger partial charge is 0.126 e. The van der Waals surface area contributed by atoms with Gasteiger partial charge in [-0.15, -0.1) is 6.58 Å². The van der Waals surface area contributed by atoms with Gasteiger partial charge in [0.15, 0.2) is 0 Å². The van der Waals surface area contributed by atoms with Crippen molar-refractivity contribution >= 4 is 5.57 Å². The molecule has 0 aliphatic carbocycles. The Hall–Kier alpha value is -2.41. The quantitative estimate of drug-likeness (QED) is 0.329. The first-order valence-corrected chi connectivity index (χ1v) is 11.4. The van der Waals surface area contributed by atoms with E-state index in [1.807, 2.05) is 80.5 Å². The maximum Gasteiger partial charge on any atom is 0.126 e. The van der Waals surface area contributed by atoms with Crippen molar-refractivity contribution in [1.82, 2.24) is 0 Å². The molecule has 0 nitrogen and oxygen atoms in total. The molecule has 0 saturated heterocycles. The minimum absolute atomic E-state index is 0.178. The van der Waals surface area contributed by atoms with Gasteiger partial charge in [-0.1, -0.05) is 102 Å². The van der Waals surface area contributed by atoms with Crippen LogP contribution >= 0.6 is 0 Å². The van der Waals surface area contributed by atoms with Gasteiger partial charge >= 0.3 is 0 Å². The molecule has 0 radical (unpaired) electrons. The lowest BCUT2D eigenvalue weighted by molar-refractivity contribution is 0.618. The summed E-state index contributed by atoms with van der Waals surface area (Å²) in [6, 6.07) is 13.5. The molecule has 0 bridgehead atoms. The molecule has 1 heteroatoms. The molecule has 0 atom stereocenters. The van der Waals surface area contributed by atoms with Crippen LogP contribution in [0.15, 0.2) is 73.3 Å². The van der Waals surface area contributed by atoms with Gasteiger partial charge in [0.05, 0.1) is 0 Å². The van der Waals surface area contributed by atoms with E-state index in [1.165, 1.54) is 22.8 Å². The first kappa shape index (κ1) is 36.0. The van der Waals surface area contributed by atoms with E-state index in [0.29, 0.717) is 5.56 Å². The number of hydrogen-bond acceptors (Lipinski definition) is 0. The summed E-state index contributed by atoms with van der Waals surface area (Å²) in [7, 11) is 0. The van der Waals surface area contributed by atoms with Gasteiger partial charge in [-0.25, -0.2) is 4.39 Å². The van der Waals surface area contributed by atoms with Crippen LogP contribution in [0.5, 0.6) is 0 Å². The standard InChI is InChI=1S/C12H13F.C8H10.C4H8.3C2H6/c1-4-5-9(2)11-7-6-10(3)12(13)8-11;1-7-5-3-4-6-8(7)2;1-4(2)3;3*1-2/h4-8H,2H2,1,3H3;3-6H,1-2H3;1H2,2-3H3;3*1-2H3/b5-4-;;;;;. The number of halogens is 1. The third-order valence-corrected chi connectivity index (χ3v) is 3.34. The second-order valence-corrected chi connectivity index (χ2v) is 6.28. The summed E-state index contributed by atoms with van der Waals surface area (Å²) in [4.78, 5) is 0. The number of hydrogen-bond donors (Lipinski definition) is 0. The average Bonchev–Trinajstić information content (AvgIpc) is 2.77. The van der Waals surface area contributed by atoms with E-state index in [2.05, 4.69) is 51.3 Å². The third kappa shape index (κ3) is 22.1. The van der Waals surface area contributed by atoms with Crippen LogP contribution in [-0.4, -0.2) is 0 Å². The van der Waals surface area contributed by atoms with Crippen LogP contribution < -0.4 is 0 Å². The van der Waals surface area contributed by atoms with Gasteiger partial charge in [-0.05, 0) is 75.4 Å². The first-order chi connectivity index (χ1) is 14.7. The van der Waals surface area contributed by atoms with Gasteiger partial charge in [0.25, 0.3) is 0 Å². The Morgan fingerprint density at radius 2 is 1.13 bits per heavy atom. The van der Waals surface area contributed by atoms with E-state index < -0.39 is 0 Å². The van der Waals surface area contributed by atoms with Crippen LogP contribution in [0.25, 0.3) is 5.57 Å². The lowest BCUT2D eigenvalue weighted by Crippen LogP contribution is -1.85. The van der Waals surface area contributed by atoms with Gasteiger partial charge in [-0.3, -0.25) is 0 Å². The minimum Gasteiger partial charge on any atom is -0.207 e. The summed E-state index contributed by atoms with van der Waals surface area (Å²) >= 11 is 0. The third-order valence-electron chi connectivity index (χ3n) is 3.34. The second-order valence-electron chi connectivity index (χ2n) is 6.28. The van der Waals surface area contributed by atoms with Crippen molar-refractivity contribution in [3.05, 3.63) is 101 Å². The highest BCUT2D eigenvalue weighted by molar-refractivity contribution is 5.71. The zero-order chi connectivity index (χ0) is 25.4. The van der Waals surface area contributed by atoms with Crippen LogP contribution in [-0.2, 0) is 0 Å². The number of allylic oxidation sites excluding steroid dienone is 4. The molecule has 176 valence electrons. The first-order valence-electron chi connectivity index (χ1n) is 11.4. The molecule has 31 heavy (non-hydrogen) atoms. The molecule has 0 N–H and O–H groups in total. The summed E-state index contributed by atoms with van der Waals surface area (Å²) in [5, 5.41) is 0. The van der Waals surface area contributed by atoms with E-state index in [9.17, 15) is 4.39 Å². The molecule has 0 aromatic heterocycles. The van der Waals surface area contributed by atoms with Crippen LogP contribution in [0, 0.1) is 26.6 Å². The van der Waals surface area contributed by atoms with Crippen LogP contribution in [0.2, 0.25) is 0 Å². The van der Waals surface area contributed by atoms with Gasteiger partial charge in [0, 0.05) is 0 Å². The van der Waals surface area contributed by atoms with Gasteiger partial charge < -0.3 is 0 Å². The van der Waals surface area contributed by atoms with Crippen molar-refractivity contribution in [3.8, 4) is 0 Å². The predicted molar refractivity (Wildman–Crippen MR) is 145 cm³/mol. The molecule has 0 saturated carbocycles. The van der Waals surface area contributed by atoms with Crippen molar-refractivity contribution < 1.29 is 4.39 Å². The molecule has 0 amide bonds. The topological polar surface area (TPSA) is 0 Å². The molecule has 2 rings (SSSR count). The van der Waals surface area contributed by atoms with E-state index in [0.717, 1.165) is 11.1 Å². The average molecular weight is 429 g/mol. The zero-order valence-electron chi connectivity index (χ0n) is 22.5. The Morgan fingerprint density at radius 1 is 0.742 bits per heavy atom. The zero-order valence-corrected chi connectivity index (χ0v) is 22.5. The highest BCUT2D eigenvalue weighted by Gasteiger charge is 1.99. The Bertz CT molecular complexity index is 696. The van der Waals surface area contributed by atoms with Gasteiger partial charge in [0.2, 0.25) is 0 Å². The number of aryl methyl sites for hydroxylation is 3. The Labute approximate surface area is 194 Å². The largest absolute Gasteiger partial charge is 0.207 e. The van der Waals surface area contributed by atoms with Crippen molar-refractivity contribution in [2.45, 2.75) is 83.1 Å². The van der Waals surface area contributed by atoms with Crippen molar-refractivity contribution in [2.75, 3.05) is 0 Å². The number of rotatable bonds is 2. The Morgan fingerprint density at radius 3 is 1.42 bits per heavy atom. The highest BCUT2D eigenvalue weighted by atomic mass is 19.1. The summed E-state index contributed by atoms with van der Waals surface area (Å²) in [6.07, 6.45) is 3.75. The van der Waals surface area contributed by atoms with Crippen LogP contribution in [0.1, 0.15) is 84.6 Å². The maximum atomic E-state index is 13.1. The molecule has 0 aliphatic rings. The molecule has 0 unspecified atom stereocenters. The summed E-state index contributed by atoms with van der Waals surface area (Å²) in [5.74, 6) is -0.178. The summed E-state index contributed by atoms with van der Waals surface area (Å²) < 4.78 is 13.1. The molecular formula is C30H49F. The Balaban J connectivity index is -0.000000173. The predicted octanol–water partition coefficient (Wildman–Crippen LogP) is 10.7. The molecule has 0 heterocycles. The molecule has 2 aromatic rings. The highest BCUT2D eigenvalue weighted by Crippen LogP contribution is 2.17. The maximum absolute atomic E-state index is 13.1. The van der Waals surface area contributed by atoms with Crippen molar-refractivity contribution in [2.24, 2.45) is 0 Å². The molecule has 2 aromatic carbocycles. The fourth-order valence-electron chi connectivity index (χ4n) is 1.75. The second kappa shape index (κ2) is 25.6. The lowest BCUT2D eigenvalue weighted by Gasteiger charge is -2.02. The number of benzene rings is 2. The van der Waals surface area contributed by atoms with Gasteiger partial charge in [0.1, 0.15) is 5.82 Å². The SMILES string of the molecule is C=C(/C=C\C)c1ccc(C)c(F)c1.C=C(C)C.CC.CC.CC.Cc1ccccc1C. The van der Waals surface area contributed by atoms with Gasteiger partial charge in [-0.2, -0.15) is 0 Å². The molecule has 0 aliphatic heterocycles. The van der Waals surface area contributed by atoms with E-state index in [1.54, 1.807) is 13.0 Å². The molecule has 0 fully saturated rings. The molecular weight excluding hydrogens is 379 g/mol. The van der Waals surface area contributed by atoms with E-state index in [4.69, 9.17) is 0 Å². The fraction of sp³-hybridized carbons (Fsp3) is 0.400. The van der Waals surface area contributed by atoms with Crippen molar-refractivity contribution in [3.63, 3.8) is 0 Å². The van der Waals surface area contributed by atoms with E-state index in [-0.39, 0.29) is 5.82 Å². The normalized spacial score (nSPS) is 8.29.